The highest BCUT2D eigenvalue weighted by molar-refractivity contribution is 4.82. The van der Waals surface area contributed by atoms with E-state index < -0.39 is 0 Å². The van der Waals surface area contributed by atoms with E-state index >= 15 is 0 Å². The Morgan fingerprint density at radius 3 is 2.45 bits per heavy atom. The lowest BCUT2D eigenvalue weighted by Gasteiger charge is -2.36. The minimum absolute atomic E-state index is 0.0382. The molecule has 4 atom stereocenters. The van der Waals surface area contributed by atoms with Gasteiger partial charge in [0.1, 0.15) is 0 Å². The molecular weight excluding hydrogens is 136 g/mol. The first-order valence-electron chi connectivity index (χ1n) is 4.84. The summed E-state index contributed by atoms with van der Waals surface area (Å²) in [5, 5.41) is 9.81. The molecule has 1 aliphatic carbocycles. The molecule has 4 unspecified atom stereocenters. The molecule has 1 N–H and O–H groups in total. The molecule has 0 aromatic carbocycles. The van der Waals surface area contributed by atoms with Gasteiger partial charge in [-0.1, -0.05) is 33.6 Å². The zero-order chi connectivity index (χ0) is 8.43. The average molecular weight is 156 g/mol. The van der Waals surface area contributed by atoms with Crippen LogP contribution in [0.3, 0.4) is 0 Å². The van der Waals surface area contributed by atoms with Gasteiger partial charge in [-0.25, -0.2) is 0 Å². The standard InChI is InChI=1S/C10H20O/c1-4-9-6-5-7(2)8(3)10(9)11/h7-11H,4-6H2,1-3H3. The van der Waals surface area contributed by atoms with Gasteiger partial charge in [0, 0.05) is 0 Å². The molecule has 66 valence electrons. The summed E-state index contributed by atoms with van der Waals surface area (Å²) in [6, 6.07) is 0. The van der Waals surface area contributed by atoms with Crippen LogP contribution in [0.1, 0.15) is 40.0 Å². The quantitative estimate of drug-likeness (QED) is 0.618. The molecule has 0 saturated heterocycles. The second-order valence-electron chi connectivity index (χ2n) is 4.07. The molecule has 1 fully saturated rings. The number of hydrogen-bond acceptors (Lipinski definition) is 1. The predicted octanol–water partition coefficient (Wildman–Crippen LogP) is 2.44. The van der Waals surface area contributed by atoms with Gasteiger partial charge in [0.25, 0.3) is 0 Å². The van der Waals surface area contributed by atoms with Crippen molar-refractivity contribution in [2.24, 2.45) is 17.8 Å². The summed E-state index contributed by atoms with van der Waals surface area (Å²) in [6.45, 7) is 6.60. The van der Waals surface area contributed by atoms with Gasteiger partial charge in [-0.3, -0.25) is 0 Å². The minimum atomic E-state index is -0.0382. The van der Waals surface area contributed by atoms with Gasteiger partial charge in [0.2, 0.25) is 0 Å². The van der Waals surface area contributed by atoms with Crippen molar-refractivity contribution in [2.45, 2.75) is 46.1 Å². The molecule has 0 aromatic rings. The lowest BCUT2D eigenvalue weighted by Crippen LogP contribution is -2.35. The summed E-state index contributed by atoms with van der Waals surface area (Å²) >= 11 is 0. The van der Waals surface area contributed by atoms with E-state index in [2.05, 4.69) is 20.8 Å². The third-order valence-corrected chi connectivity index (χ3v) is 3.44. The van der Waals surface area contributed by atoms with Crippen molar-refractivity contribution >= 4 is 0 Å². The van der Waals surface area contributed by atoms with E-state index in [9.17, 15) is 5.11 Å². The minimum Gasteiger partial charge on any atom is -0.393 e. The Balaban J connectivity index is 2.52. The Bertz CT molecular complexity index is 120. The number of aliphatic hydroxyl groups excluding tert-OH is 1. The highest BCUT2D eigenvalue weighted by Crippen LogP contribution is 2.34. The van der Waals surface area contributed by atoms with Crippen molar-refractivity contribution < 1.29 is 5.11 Å². The van der Waals surface area contributed by atoms with Crippen molar-refractivity contribution in [3.8, 4) is 0 Å². The van der Waals surface area contributed by atoms with Gasteiger partial charge in [0.15, 0.2) is 0 Å². The van der Waals surface area contributed by atoms with Crippen LogP contribution in [0.25, 0.3) is 0 Å². The number of rotatable bonds is 1. The van der Waals surface area contributed by atoms with E-state index in [0.717, 1.165) is 6.42 Å². The van der Waals surface area contributed by atoms with E-state index in [4.69, 9.17) is 0 Å². The highest BCUT2D eigenvalue weighted by Gasteiger charge is 2.31. The normalized spacial score (nSPS) is 45.8. The summed E-state index contributed by atoms with van der Waals surface area (Å²) < 4.78 is 0. The monoisotopic (exact) mass is 156 g/mol. The molecule has 0 aliphatic heterocycles. The molecule has 1 nitrogen and oxygen atoms in total. The van der Waals surface area contributed by atoms with Crippen LogP contribution in [0.2, 0.25) is 0 Å². The van der Waals surface area contributed by atoms with Gasteiger partial charge < -0.3 is 5.11 Å². The Morgan fingerprint density at radius 2 is 1.91 bits per heavy atom. The maximum atomic E-state index is 9.81. The summed E-state index contributed by atoms with van der Waals surface area (Å²) in [4.78, 5) is 0. The van der Waals surface area contributed by atoms with Crippen molar-refractivity contribution in [2.75, 3.05) is 0 Å². The molecule has 0 spiro atoms. The smallest absolute Gasteiger partial charge is 0.0596 e. The Labute approximate surface area is 69.8 Å². The average Bonchev–Trinajstić information content (AvgIpc) is 2.01. The fraction of sp³-hybridized carbons (Fsp3) is 1.00. The summed E-state index contributed by atoms with van der Waals surface area (Å²) in [7, 11) is 0. The second kappa shape index (κ2) is 3.57. The molecule has 1 saturated carbocycles. The Hall–Kier alpha value is -0.0400. The van der Waals surface area contributed by atoms with Crippen LogP contribution in [0.5, 0.6) is 0 Å². The van der Waals surface area contributed by atoms with E-state index in [1.165, 1.54) is 12.8 Å². The molecule has 0 amide bonds. The molecule has 0 bridgehead atoms. The lowest BCUT2D eigenvalue weighted by molar-refractivity contribution is -0.00272. The summed E-state index contributed by atoms with van der Waals surface area (Å²) in [5.41, 5.74) is 0. The first kappa shape index (κ1) is 9.05. The largest absolute Gasteiger partial charge is 0.393 e. The molecule has 0 heterocycles. The molecular formula is C10H20O. The zero-order valence-electron chi connectivity index (χ0n) is 7.88. The van der Waals surface area contributed by atoms with Crippen molar-refractivity contribution in [3.63, 3.8) is 0 Å². The molecule has 11 heavy (non-hydrogen) atoms. The van der Waals surface area contributed by atoms with Crippen LogP contribution in [0, 0.1) is 17.8 Å². The molecule has 1 heteroatoms. The van der Waals surface area contributed by atoms with Crippen LogP contribution >= 0.6 is 0 Å². The van der Waals surface area contributed by atoms with Crippen LogP contribution in [-0.4, -0.2) is 11.2 Å². The Kier molecular flexibility index (Phi) is 2.94. The summed E-state index contributed by atoms with van der Waals surface area (Å²) in [6.07, 6.45) is 3.63. The van der Waals surface area contributed by atoms with Crippen LogP contribution in [0.4, 0.5) is 0 Å². The van der Waals surface area contributed by atoms with Gasteiger partial charge in [-0.2, -0.15) is 0 Å². The third-order valence-electron chi connectivity index (χ3n) is 3.44. The van der Waals surface area contributed by atoms with Gasteiger partial charge in [-0.05, 0) is 24.2 Å². The molecule has 0 aromatic heterocycles. The molecule has 1 rings (SSSR count). The lowest BCUT2D eigenvalue weighted by atomic mass is 9.73. The maximum Gasteiger partial charge on any atom is 0.0596 e. The fourth-order valence-electron chi connectivity index (χ4n) is 2.12. The van der Waals surface area contributed by atoms with Gasteiger partial charge >= 0.3 is 0 Å². The Morgan fingerprint density at radius 1 is 1.27 bits per heavy atom. The van der Waals surface area contributed by atoms with Crippen molar-refractivity contribution in [1.82, 2.24) is 0 Å². The van der Waals surface area contributed by atoms with Crippen molar-refractivity contribution in [1.29, 1.82) is 0 Å². The van der Waals surface area contributed by atoms with Crippen LogP contribution in [0.15, 0.2) is 0 Å². The second-order valence-corrected chi connectivity index (χ2v) is 4.07. The van der Waals surface area contributed by atoms with Crippen LogP contribution in [-0.2, 0) is 0 Å². The topological polar surface area (TPSA) is 20.2 Å². The predicted molar refractivity (Wildman–Crippen MR) is 47.3 cm³/mol. The number of hydrogen-bond donors (Lipinski definition) is 1. The van der Waals surface area contributed by atoms with E-state index in [1.54, 1.807) is 0 Å². The van der Waals surface area contributed by atoms with E-state index in [-0.39, 0.29) is 6.10 Å². The van der Waals surface area contributed by atoms with Crippen LogP contribution < -0.4 is 0 Å². The number of aliphatic hydroxyl groups is 1. The van der Waals surface area contributed by atoms with Gasteiger partial charge in [0.05, 0.1) is 6.10 Å². The van der Waals surface area contributed by atoms with Crippen molar-refractivity contribution in [3.05, 3.63) is 0 Å². The SMILES string of the molecule is CCC1CCC(C)C(C)C1O. The maximum absolute atomic E-state index is 9.81. The first-order valence-corrected chi connectivity index (χ1v) is 4.84. The molecule has 0 radical (unpaired) electrons. The highest BCUT2D eigenvalue weighted by atomic mass is 16.3. The first-order chi connectivity index (χ1) is 5.16. The van der Waals surface area contributed by atoms with E-state index in [1.807, 2.05) is 0 Å². The third kappa shape index (κ3) is 1.76. The summed E-state index contributed by atoms with van der Waals surface area (Å²) in [5.74, 6) is 1.79. The van der Waals surface area contributed by atoms with E-state index in [0.29, 0.717) is 17.8 Å². The zero-order valence-corrected chi connectivity index (χ0v) is 7.88. The fourth-order valence-corrected chi connectivity index (χ4v) is 2.12. The molecule has 1 aliphatic rings. The van der Waals surface area contributed by atoms with Gasteiger partial charge in [-0.15, -0.1) is 0 Å².